The van der Waals surface area contributed by atoms with E-state index >= 15 is 0 Å². The molecule has 2 rings (SSSR count). The number of aromatic amines is 1. The van der Waals surface area contributed by atoms with Crippen LogP contribution in [0.25, 0.3) is 11.3 Å². The standard InChI is InChI=1S/C13H14F3N3/c1-2-3-10-11(18-19-12(10)17)8-4-6-9(7-5-8)13(14,15)16/h4-7H,2-3H2,1H3,(H3,17,18,19). The van der Waals surface area contributed by atoms with E-state index in [1.165, 1.54) is 12.1 Å². The van der Waals surface area contributed by atoms with Crippen molar-refractivity contribution >= 4 is 5.82 Å². The SMILES string of the molecule is CCCc1c(N)n[nH]c1-c1ccc(C(F)(F)F)cc1. The van der Waals surface area contributed by atoms with Gasteiger partial charge in [-0.3, -0.25) is 5.10 Å². The number of benzene rings is 1. The molecule has 0 saturated heterocycles. The van der Waals surface area contributed by atoms with Gasteiger partial charge in [-0.05, 0) is 24.1 Å². The molecular weight excluding hydrogens is 255 g/mol. The molecule has 0 spiro atoms. The van der Waals surface area contributed by atoms with E-state index in [0.29, 0.717) is 17.1 Å². The first kappa shape index (κ1) is 13.5. The topological polar surface area (TPSA) is 54.7 Å². The summed E-state index contributed by atoms with van der Waals surface area (Å²) in [6.07, 6.45) is -2.70. The minimum atomic E-state index is -4.32. The van der Waals surface area contributed by atoms with E-state index < -0.39 is 11.7 Å². The molecule has 1 aromatic heterocycles. The number of alkyl halides is 3. The summed E-state index contributed by atoms with van der Waals surface area (Å²) in [6, 6.07) is 4.97. The zero-order chi connectivity index (χ0) is 14.0. The molecule has 0 bridgehead atoms. The number of hydrogen-bond acceptors (Lipinski definition) is 2. The van der Waals surface area contributed by atoms with E-state index in [1.54, 1.807) is 0 Å². The van der Waals surface area contributed by atoms with Crippen LogP contribution in [0, 0.1) is 0 Å². The molecule has 0 unspecified atom stereocenters. The molecule has 3 N–H and O–H groups in total. The Hall–Kier alpha value is -1.98. The van der Waals surface area contributed by atoms with Gasteiger partial charge in [-0.2, -0.15) is 18.3 Å². The fourth-order valence-electron chi connectivity index (χ4n) is 1.95. The molecule has 19 heavy (non-hydrogen) atoms. The highest BCUT2D eigenvalue weighted by molar-refractivity contribution is 5.68. The Labute approximate surface area is 108 Å². The van der Waals surface area contributed by atoms with Crippen molar-refractivity contribution in [2.45, 2.75) is 25.9 Å². The third-order valence-corrected chi connectivity index (χ3v) is 2.90. The van der Waals surface area contributed by atoms with E-state index in [9.17, 15) is 13.2 Å². The van der Waals surface area contributed by atoms with Crippen LogP contribution in [0.4, 0.5) is 19.0 Å². The maximum atomic E-state index is 12.5. The van der Waals surface area contributed by atoms with Crippen LogP contribution < -0.4 is 5.73 Å². The molecule has 0 radical (unpaired) electrons. The molecule has 6 heteroatoms. The predicted octanol–water partition coefficient (Wildman–Crippen LogP) is 3.63. The van der Waals surface area contributed by atoms with Crippen molar-refractivity contribution < 1.29 is 13.2 Å². The summed E-state index contributed by atoms with van der Waals surface area (Å²) in [5.74, 6) is 0.400. The Balaban J connectivity index is 2.38. The Morgan fingerprint density at radius 1 is 1.21 bits per heavy atom. The number of nitrogens with zero attached hydrogens (tertiary/aromatic N) is 1. The maximum Gasteiger partial charge on any atom is 0.416 e. The second kappa shape index (κ2) is 4.95. The van der Waals surface area contributed by atoms with Gasteiger partial charge in [0.15, 0.2) is 0 Å². The average molecular weight is 269 g/mol. The number of anilines is 1. The summed E-state index contributed by atoms with van der Waals surface area (Å²) in [4.78, 5) is 0. The lowest BCUT2D eigenvalue weighted by Gasteiger charge is -2.08. The third-order valence-electron chi connectivity index (χ3n) is 2.90. The van der Waals surface area contributed by atoms with Crippen molar-refractivity contribution in [3.8, 4) is 11.3 Å². The number of hydrogen-bond donors (Lipinski definition) is 2. The molecule has 0 saturated carbocycles. The minimum absolute atomic E-state index is 0.400. The van der Waals surface area contributed by atoms with Crippen LogP contribution in [0.2, 0.25) is 0 Å². The number of H-pyrrole nitrogens is 1. The smallest absolute Gasteiger partial charge is 0.382 e. The fourth-order valence-corrected chi connectivity index (χ4v) is 1.95. The molecule has 0 aliphatic heterocycles. The van der Waals surface area contributed by atoms with E-state index in [0.717, 1.165) is 30.5 Å². The second-order valence-corrected chi connectivity index (χ2v) is 4.29. The quantitative estimate of drug-likeness (QED) is 0.894. The van der Waals surface area contributed by atoms with Crippen LogP contribution in [0.15, 0.2) is 24.3 Å². The monoisotopic (exact) mass is 269 g/mol. The van der Waals surface area contributed by atoms with Crippen LogP contribution >= 0.6 is 0 Å². The molecule has 1 heterocycles. The lowest BCUT2D eigenvalue weighted by atomic mass is 10.0. The van der Waals surface area contributed by atoms with Gasteiger partial charge >= 0.3 is 6.18 Å². The van der Waals surface area contributed by atoms with E-state index in [4.69, 9.17) is 5.73 Å². The lowest BCUT2D eigenvalue weighted by molar-refractivity contribution is -0.137. The highest BCUT2D eigenvalue weighted by atomic mass is 19.4. The Bertz CT molecular complexity index is 556. The molecule has 0 aliphatic carbocycles. The molecule has 0 fully saturated rings. The van der Waals surface area contributed by atoms with Gasteiger partial charge in [0.25, 0.3) is 0 Å². The zero-order valence-electron chi connectivity index (χ0n) is 10.4. The number of rotatable bonds is 3. The molecular formula is C13H14F3N3. The second-order valence-electron chi connectivity index (χ2n) is 4.29. The minimum Gasteiger partial charge on any atom is -0.382 e. The fraction of sp³-hybridized carbons (Fsp3) is 0.308. The summed E-state index contributed by atoms with van der Waals surface area (Å²) in [5.41, 5.74) is 7.27. The van der Waals surface area contributed by atoms with Crippen molar-refractivity contribution in [2.24, 2.45) is 0 Å². The number of aromatic nitrogens is 2. The molecule has 0 aliphatic rings. The largest absolute Gasteiger partial charge is 0.416 e. The Morgan fingerprint density at radius 2 is 1.84 bits per heavy atom. The highest BCUT2D eigenvalue weighted by Crippen LogP contribution is 2.32. The van der Waals surface area contributed by atoms with Gasteiger partial charge in [0.1, 0.15) is 5.82 Å². The summed E-state index contributed by atoms with van der Waals surface area (Å²) >= 11 is 0. The van der Waals surface area contributed by atoms with Crippen molar-refractivity contribution in [3.05, 3.63) is 35.4 Å². The van der Waals surface area contributed by atoms with Crippen LogP contribution in [-0.4, -0.2) is 10.2 Å². The third kappa shape index (κ3) is 2.72. The van der Waals surface area contributed by atoms with Crippen LogP contribution in [0.1, 0.15) is 24.5 Å². The normalized spacial score (nSPS) is 11.8. The summed E-state index contributed by atoms with van der Waals surface area (Å²) in [6.45, 7) is 2.00. The van der Waals surface area contributed by atoms with Crippen LogP contribution in [0.3, 0.4) is 0 Å². The van der Waals surface area contributed by atoms with E-state index in [1.807, 2.05) is 6.92 Å². The van der Waals surface area contributed by atoms with Crippen LogP contribution in [-0.2, 0) is 12.6 Å². The zero-order valence-corrected chi connectivity index (χ0v) is 10.4. The maximum absolute atomic E-state index is 12.5. The van der Waals surface area contributed by atoms with Gasteiger partial charge in [-0.25, -0.2) is 0 Å². The Morgan fingerprint density at radius 3 is 2.37 bits per heavy atom. The Kier molecular flexibility index (Phi) is 3.50. The number of nitrogens with one attached hydrogen (secondary N) is 1. The van der Waals surface area contributed by atoms with Gasteiger partial charge in [0, 0.05) is 5.56 Å². The van der Waals surface area contributed by atoms with Gasteiger partial charge < -0.3 is 5.73 Å². The average Bonchev–Trinajstić information content (AvgIpc) is 2.71. The first-order valence-electron chi connectivity index (χ1n) is 5.93. The highest BCUT2D eigenvalue weighted by Gasteiger charge is 2.30. The lowest BCUT2D eigenvalue weighted by Crippen LogP contribution is -2.04. The first-order chi connectivity index (χ1) is 8.93. The summed E-state index contributed by atoms with van der Waals surface area (Å²) in [5, 5.41) is 6.69. The number of nitrogen functional groups attached to an aromatic ring is 1. The van der Waals surface area contributed by atoms with E-state index in [-0.39, 0.29) is 0 Å². The molecule has 2 aromatic rings. The van der Waals surface area contributed by atoms with Gasteiger partial charge in [0.05, 0.1) is 11.3 Å². The molecule has 3 nitrogen and oxygen atoms in total. The molecule has 102 valence electrons. The predicted molar refractivity (Wildman–Crippen MR) is 67.4 cm³/mol. The summed E-state index contributed by atoms with van der Waals surface area (Å²) in [7, 11) is 0. The van der Waals surface area contributed by atoms with Crippen molar-refractivity contribution in [1.82, 2.24) is 10.2 Å². The van der Waals surface area contributed by atoms with Crippen molar-refractivity contribution in [1.29, 1.82) is 0 Å². The number of nitrogens with two attached hydrogens (primary N) is 1. The molecule has 0 amide bonds. The van der Waals surface area contributed by atoms with E-state index in [2.05, 4.69) is 10.2 Å². The van der Waals surface area contributed by atoms with Crippen molar-refractivity contribution in [2.75, 3.05) is 5.73 Å². The first-order valence-corrected chi connectivity index (χ1v) is 5.93. The van der Waals surface area contributed by atoms with Gasteiger partial charge in [-0.1, -0.05) is 25.5 Å². The van der Waals surface area contributed by atoms with Crippen LogP contribution in [0.5, 0.6) is 0 Å². The van der Waals surface area contributed by atoms with Crippen molar-refractivity contribution in [3.63, 3.8) is 0 Å². The van der Waals surface area contributed by atoms with Gasteiger partial charge in [0.2, 0.25) is 0 Å². The molecule has 0 atom stereocenters. The summed E-state index contributed by atoms with van der Waals surface area (Å²) < 4.78 is 37.5. The molecule has 1 aromatic carbocycles. The number of halogens is 3. The van der Waals surface area contributed by atoms with Gasteiger partial charge in [-0.15, -0.1) is 0 Å².